The Labute approximate surface area is 155 Å². The topological polar surface area (TPSA) is 92.6 Å². The quantitative estimate of drug-likeness (QED) is 0.757. The molecular formula is C19H21N5O3. The maximum atomic E-state index is 12.9. The van der Waals surface area contributed by atoms with Gasteiger partial charge >= 0.3 is 0 Å². The van der Waals surface area contributed by atoms with Gasteiger partial charge in [-0.2, -0.15) is 4.52 Å². The number of piperidine rings is 1. The van der Waals surface area contributed by atoms with E-state index in [9.17, 15) is 9.59 Å². The lowest BCUT2D eigenvalue weighted by atomic mass is 9.98. The first-order valence-corrected chi connectivity index (χ1v) is 9.02. The largest absolute Gasteiger partial charge is 0.493 e. The first-order chi connectivity index (χ1) is 13.1. The van der Waals surface area contributed by atoms with Crippen LogP contribution in [0.25, 0.3) is 5.78 Å². The molecule has 140 valence electrons. The number of carbonyl (C=O) groups excluding carboxylic acids is 1. The smallest absolute Gasteiger partial charge is 0.286 e. The number of rotatable bonds is 4. The maximum absolute atomic E-state index is 12.9. The van der Waals surface area contributed by atoms with Crippen molar-refractivity contribution in [2.24, 2.45) is 5.92 Å². The van der Waals surface area contributed by atoms with E-state index < -0.39 is 5.56 Å². The number of ether oxygens (including phenoxy) is 1. The van der Waals surface area contributed by atoms with E-state index in [0.29, 0.717) is 19.7 Å². The number of likely N-dealkylation sites (tertiary alicyclic amines) is 1. The van der Waals surface area contributed by atoms with E-state index in [4.69, 9.17) is 4.74 Å². The third kappa shape index (κ3) is 3.42. The highest BCUT2D eigenvalue weighted by Gasteiger charge is 2.27. The predicted molar refractivity (Wildman–Crippen MR) is 98.9 cm³/mol. The Balaban J connectivity index is 1.45. The van der Waals surface area contributed by atoms with Gasteiger partial charge in [-0.05, 0) is 31.4 Å². The van der Waals surface area contributed by atoms with E-state index in [-0.39, 0.29) is 23.2 Å². The van der Waals surface area contributed by atoms with E-state index in [1.807, 2.05) is 31.2 Å². The predicted octanol–water partition coefficient (Wildman–Crippen LogP) is 1.66. The number of hydrogen-bond donors (Lipinski definition) is 1. The second-order valence-electron chi connectivity index (χ2n) is 6.84. The monoisotopic (exact) mass is 367 g/mol. The summed E-state index contributed by atoms with van der Waals surface area (Å²) in [5.74, 6) is 1.05. The average Bonchev–Trinajstić information content (AvgIpc) is 3.17. The molecule has 1 aliphatic heterocycles. The molecule has 1 amide bonds. The highest BCUT2D eigenvalue weighted by atomic mass is 16.5. The van der Waals surface area contributed by atoms with Crippen LogP contribution in [0.1, 0.15) is 28.8 Å². The molecule has 1 fully saturated rings. The van der Waals surface area contributed by atoms with Crippen LogP contribution < -0.4 is 10.3 Å². The second kappa shape index (κ2) is 7.22. The van der Waals surface area contributed by atoms with Crippen LogP contribution in [0.3, 0.4) is 0 Å². The molecule has 0 aliphatic carbocycles. The number of fused-ring (bicyclic) bond motifs is 1. The normalized spacial score (nSPS) is 17.2. The molecule has 1 aromatic carbocycles. The molecule has 0 spiro atoms. The molecule has 3 heterocycles. The van der Waals surface area contributed by atoms with Gasteiger partial charge < -0.3 is 9.64 Å². The summed E-state index contributed by atoms with van der Waals surface area (Å²) < 4.78 is 7.13. The summed E-state index contributed by atoms with van der Waals surface area (Å²) in [5, 5.41) is 2.68. The number of aryl methyl sites for hydroxylation is 1. The highest BCUT2D eigenvalue weighted by molar-refractivity contribution is 5.93. The van der Waals surface area contributed by atoms with Crippen molar-refractivity contribution >= 4 is 11.7 Å². The van der Waals surface area contributed by atoms with Crippen LogP contribution in [0.5, 0.6) is 5.75 Å². The third-order valence-corrected chi connectivity index (χ3v) is 4.91. The van der Waals surface area contributed by atoms with E-state index in [0.717, 1.165) is 24.2 Å². The van der Waals surface area contributed by atoms with Crippen molar-refractivity contribution in [1.29, 1.82) is 0 Å². The summed E-state index contributed by atoms with van der Waals surface area (Å²) in [4.78, 5) is 35.0. The number of nitrogens with one attached hydrogen (secondary N) is 1. The van der Waals surface area contributed by atoms with Gasteiger partial charge in [0.15, 0.2) is 0 Å². The Morgan fingerprint density at radius 1 is 1.33 bits per heavy atom. The number of aromatic amines is 1. The Hall–Kier alpha value is -3.16. The number of hydrogen-bond acceptors (Lipinski definition) is 5. The Morgan fingerprint density at radius 3 is 3.04 bits per heavy atom. The van der Waals surface area contributed by atoms with Gasteiger partial charge in [0.05, 0.1) is 6.61 Å². The SMILES string of the molecule is Cc1ccccc1OC[C@@H]1CCCN(C(=O)c2cnc3nc[nH]n3c2=O)C1. The molecule has 2 aromatic heterocycles. The van der Waals surface area contributed by atoms with Crippen molar-refractivity contribution in [3.8, 4) is 5.75 Å². The zero-order valence-corrected chi connectivity index (χ0v) is 15.1. The molecule has 0 bridgehead atoms. The van der Waals surface area contributed by atoms with Crippen molar-refractivity contribution in [3.63, 3.8) is 0 Å². The van der Waals surface area contributed by atoms with Crippen molar-refractivity contribution in [3.05, 3.63) is 58.3 Å². The fourth-order valence-corrected chi connectivity index (χ4v) is 3.43. The van der Waals surface area contributed by atoms with Gasteiger partial charge in [0.1, 0.15) is 17.6 Å². The number of H-pyrrole nitrogens is 1. The molecule has 3 aromatic rings. The molecular weight excluding hydrogens is 346 g/mol. The van der Waals surface area contributed by atoms with Crippen LogP contribution in [-0.2, 0) is 0 Å². The van der Waals surface area contributed by atoms with Crippen molar-refractivity contribution in [2.45, 2.75) is 19.8 Å². The lowest BCUT2D eigenvalue weighted by Gasteiger charge is -2.32. The number of nitrogens with zero attached hydrogens (tertiary/aromatic N) is 4. The molecule has 1 N–H and O–H groups in total. The van der Waals surface area contributed by atoms with Crippen LogP contribution in [0.2, 0.25) is 0 Å². The standard InChI is InChI=1S/C19H21N5O3/c1-13-5-2-3-7-16(13)27-11-14-6-4-8-23(10-14)17(25)15-9-20-19-21-12-22-24(19)18(15)26/h2-3,5,7,9,12,14H,4,6,8,10-11H2,1H3,(H,20,21,22)/t14-/m1/s1. The fraction of sp³-hybridized carbons (Fsp3) is 0.368. The molecule has 0 saturated carbocycles. The van der Waals surface area contributed by atoms with E-state index in [1.165, 1.54) is 17.0 Å². The van der Waals surface area contributed by atoms with Crippen molar-refractivity contribution in [1.82, 2.24) is 24.5 Å². The van der Waals surface area contributed by atoms with Crippen LogP contribution >= 0.6 is 0 Å². The number of aromatic nitrogens is 4. The van der Waals surface area contributed by atoms with Gasteiger partial charge in [0.2, 0.25) is 0 Å². The van der Waals surface area contributed by atoms with Crippen LogP contribution in [0, 0.1) is 12.8 Å². The average molecular weight is 367 g/mol. The summed E-state index contributed by atoms with van der Waals surface area (Å²) in [6, 6.07) is 7.89. The van der Waals surface area contributed by atoms with E-state index in [1.54, 1.807) is 4.90 Å². The Bertz CT molecular complexity index is 1030. The molecule has 8 nitrogen and oxygen atoms in total. The van der Waals surface area contributed by atoms with Gasteiger partial charge in [-0.25, -0.2) is 9.97 Å². The lowest BCUT2D eigenvalue weighted by Crippen LogP contribution is -2.43. The number of amides is 1. The first-order valence-electron chi connectivity index (χ1n) is 9.02. The fourth-order valence-electron chi connectivity index (χ4n) is 3.43. The molecule has 0 radical (unpaired) electrons. The van der Waals surface area contributed by atoms with E-state index in [2.05, 4.69) is 15.1 Å². The zero-order chi connectivity index (χ0) is 18.8. The van der Waals surface area contributed by atoms with Gasteiger partial charge in [-0.3, -0.25) is 14.7 Å². The Kier molecular flexibility index (Phi) is 4.62. The summed E-state index contributed by atoms with van der Waals surface area (Å²) in [7, 11) is 0. The number of benzene rings is 1. The minimum atomic E-state index is -0.430. The summed E-state index contributed by atoms with van der Waals surface area (Å²) in [6.07, 6.45) is 4.56. The maximum Gasteiger partial charge on any atom is 0.286 e. The minimum absolute atomic E-state index is 0.0530. The van der Waals surface area contributed by atoms with Gasteiger partial charge in [0, 0.05) is 25.2 Å². The zero-order valence-electron chi connectivity index (χ0n) is 15.1. The molecule has 8 heteroatoms. The summed E-state index contributed by atoms with van der Waals surface area (Å²) in [5.41, 5.74) is 0.714. The van der Waals surface area contributed by atoms with Crippen LogP contribution in [0.15, 0.2) is 41.6 Å². The van der Waals surface area contributed by atoms with Crippen LogP contribution in [0.4, 0.5) is 0 Å². The molecule has 0 unspecified atom stereocenters. The van der Waals surface area contributed by atoms with Crippen LogP contribution in [-0.4, -0.2) is 50.1 Å². The molecule has 1 saturated heterocycles. The molecule has 4 rings (SSSR count). The first kappa shape index (κ1) is 17.3. The van der Waals surface area contributed by atoms with Gasteiger partial charge in [-0.15, -0.1) is 0 Å². The summed E-state index contributed by atoms with van der Waals surface area (Å²) >= 11 is 0. The summed E-state index contributed by atoms with van der Waals surface area (Å²) in [6.45, 7) is 3.75. The number of carbonyl (C=O) groups is 1. The minimum Gasteiger partial charge on any atom is -0.493 e. The molecule has 1 atom stereocenters. The van der Waals surface area contributed by atoms with Gasteiger partial charge in [-0.1, -0.05) is 18.2 Å². The molecule has 27 heavy (non-hydrogen) atoms. The van der Waals surface area contributed by atoms with Crippen molar-refractivity contribution < 1.29 is 9.53 Å². The Morgan fingerprint density at radius 2 is 2.19 bits per heavy atom. The highest BCUT2D eigenvalue weighted by Crippen LogP contribution is 2.21. The number of para-hydroxylation sites is 1. The van der Waals surface area contributed by atoms with E-state index >= 15 is 0 Å². The second-order valence-corrected chi connectivity index (χ2v) is 6.84. The van der Waals surface area contributed by atoms with Crippen molar-refractivity contribution in [2.75, 3.05) is 19.7 Å². The van der Waals surface area contributed by atoms with Gasteiger partial charge in [0.25, 0.3) is 17.2 Å². The molecule has 1 aliphatic rings. The lowest BCUT2D eigenvalue weighted by molar-refractivity contribution is 0.0630. The third-order valence-electron chi connectivity index (χ3n) is 4.91.